The van der Waals surface area contributed by atoms with Gasteiger partial charge in [-0.2, -0.15) is 0 Å². The summed E-state index contributed by atoms with van der Waals surface area (Å²) < 4.78 is 6.88. The molecule has 1 unspecified atom stereocenters. The Morgan fingerprint density at radius 2 is 2.16 bits per heavy atom. The van der Waals surface area contributed by atoms with Crippen LogP contribution in [0.1, 0.15) is 24.7 Å². The topological polar surface area (TPSA) is 85.8 Å². The minimum absolute atomic E-state index is 0.139. The molecule has 25 heavy (non-hydrogen) atoms. The first-order chi connectivity index (χ1) is 12.1. The molecule has 2 aromatic heterocycles. The van der Waals surface area contributed by atoms with Crippen molar-refractivity contribution < 1.29 is 9.32 Å². The zero-order valence-electron chi connectivity index (χ0n) is 14.3. The highest BCUT2D eigenvalue weighted by molar-refractivity contribution is 8.00. The summed E-state index contributed by atoms with van der Waals surface area (Å²) in [5, 5.41) is 15.1. The minimum Gasteiger partial charge on any atom is -0.360 e. The number of nitrogens with one attached hydrogen (secondary N) is 1. The van der Waals surface area contributed by atoms with Crippen LogP contribution < -0.4 is 5.32 Å². The lowest BCUT2D eigenvalue weighted by Crippen LogP contribution is -2.25. The number of thioether (sulfide) groups is 1. The maximum atomic E-state index is 12.5. The minimum atomic E-state index is -0.316. The summed E-state index contributed by atoms with van der Waals surface area (Å²) in [5.74, 6) is 0.928. The van der Waals surface area contributed by atoms with Crippen LogP contribution in [-0.2, 0) is 4.79 Å². The largest absolute Gasteiger partial charge is 0.360 e. The first-order valence-corrected chi connectivity index (χ1v) is 8.83. The van der Waals surface area contributed by atoms with Gasteiger partial charge >= 0.3 is 0 Å². The molecule has 2 heterocycles. The van der Waals surface area contributed by atoms with E-state index in [-0.39, 0.29) is 11.2 Å². The number of nitrogens with zero attached hydrogens (tertiary/aromatic N) is 4. The molecule has 0 spiro atoms. The average Bonchev–Trinajstić information content (AvgIpc) is 3.21. The summed E-state index contributed by atoms with van der Waals surface area (Å²) in [6.07, 6.45) is 2.31. The normalized spacial score (nSPS) is 12.1. The van der Waals surface area contributed by atoms with E-state index in [1.54, 1.807) is 19.3 Å². The average molecular weight is 357 g/mol. The Morgan fingerprint density at radius 3 is 2.84 bits per heavy atom. The Kier molecular flexibility index (Phi) is 5.18. The summed E-state index contributed by atoms with van der Waals surface area (Å²) in [4.78, 5) is 12.5. The molecule has 1 aromatic carbocycles. The number of para-hydroxylation sites is 1. The van der Waals surface area contributed by atoms with Gasteiger partial charge < -0.3 is 9.84 Å². The van der Waals surface area contributed by atoms with E-state index in [9.17, 15) is 4.79 Å². The number of amides is 1. The van der Waals surface area contributed by atoms with Gasteiger partial charge in [-0.3, -0.25) is 9.36 Å². The predicted molar refractivity (Wildman–Crippen MR) is 95.9 cm³/mol. The number of carbonyl (C=O) groups excluding carboxylic acids is 1. The Bertz CT molecular complexity index is 873. The van der Waals surface area contributed by atoms with Crippen LogP contribution in [0.5, 0.6) is 0 Å². The van der Waals surface area contributed by atoms with E-state index in [0.717, 1.165) is 11.3 Å². The lowest BCUT2D eigenvalue weighted by atomic mass is 10.2. The molecule has 8 heteroatoms. The molecular weight excluding hydrogens is 338 g/mol. The third-order valence-corrected chi connectivity index (χ3v) is 5.00. The van der Waals surface area contributed by atoms with Crippen LogP contribution in [0.3, 0.4) is 0 Å². The zero-order chi connectivity index (χ0) is 17.8. The van der Waals surface area contributed by atoms with E-state index in [0.29, 0.717) is 23.2 Å². The van der Waals surface area contributed by atoms with Crippen molar-refractivity contribution in [1.29, 1.82) is 0 Å². The highest BCUT2D eigenvalue weighted by Gasteiger charge is 2.22. The molecule has 1 amide bonds. The number of rotatable bonds is 6. The third-order valence-electron chi connectivity index (χ3n) is 3.68. The van der Waals surface area contributed by atoms with Crippen LogP contribution >= 0.6 is 11.8 Å². The lowest BCUT2D eigenvalue weighted by molar-refractivity contribution is -0.115. The number of carbonyl (C=O) groups is 1. The highest BCUT2D eigenvalue weighted by atomic mass is 32.2. The van der Waals surface area contributed by atoms with Gasteiger partial charge in [0, 0.05) is 6.07 Å². The molecule has 0 aliphatic heterocycles. The standard InChI is InChI=1S/C17H19N5O2S/c1-4-14(16(23)19-15-9-12(3)24-21-15)25-17-20-18-10-22(17)13-8-6-5-7-11(13)2/h5-10,14H,4H2,1-3H3,(H,19,21,23). The predicted octanol–water partition coefficient (Wildman–Crippen LogP) is 3.38. The third kappa shape index (κ3) is 3.90. The van der Waals surface area contributed by atoms with Crippen LogP contribution in [0.25, 0.3) is 5.69 Å². The first-order valence-electron chi connectivity index (χ1n) is 7.95. The molecule has 1 atom stereocenters. The van der Waals surface area contributed by atoms with Gasteiger partial charge in [0.15, 0.2) is 11.0 Å². The number of aryl methyl sites for hydroxylation is 2. The second-order valence-electron chi connectivity index (χ2n) is 5.60. The molecule has 3 rings (SSSR count). The maximum Gasteiger partial charge on any atom is 0.239 e. The number of hydrogen-bond acceptors (Lipinski definition) is 6. The monoisotopic (exact) mass is 357 g/mol. The van der Waals surface area contributed by atoms with Crippen molar-refractivity contribution in [3.63, 3.8) is 0 Å². The Morgan fingerprint density at radius 1 is 1.36 bits per heavy atom. The molecule has 0 bridgehead atoms. The number of hydrogen-bond donors (Lipinski definition) is 1. The Balaban J connectivity index is 1.78. The second kappa shape index (κ2) is 7.52. The van der Waals surface area contributed by atoms with Crippen molar-refractivity contribution in [3.05, 3.63) is 48.0 Å². The van der Waals surface area contributed by atoms with E-state index in [2.05, 4.69) is 20.7 Å². The van der Waals surface area contributed by atoms with E-state index in [1.165, 1.54) is 11.8 Å². The van der Waals surface area contributed by atoms with Crippen molar-refractivity contribution in [3.8, 4) is 5.69 Å². The van der Waals surface area contributed by atoms with Crippen molar-refractivity contribution in [2.24, 2.45) is 0 Å². The molecular formula is C17H19N5O2S. The van der Waals surface area contributed by atoms with Gasteiger partial charge in [-0.05, 0) is 31.9 Å². The van der Waals surface area contributed by atoms with E-state index < -0.39 is 0 Å². The van der Waals surface area contributed by atoms with Crippen molar-refractivity contribution in [2.45, 2.75) is 37.6 Å². The van der Waals surface area contributed by atoms with E-state index in [1.807, 2.05) is 42.7 Å². The van der Waals surface area contributed by atoms with Gasteiger partial charge in [-0.1, -0.05) is 42.0 Å². The Labute approximate surface area is 149 Å². The van der Waals surface area contributed by atoms with Gasteiger partial charge in [0.05, 0.1) is 10.9 Å². The molecule has 130 valence electrons. The summed E-state index contributed by atoms with van der Waals surface area (Å²) in [6, 6.07) is 9.67. The molecule has 0 aliphatic rings. The molecule has 0 fully saturated rings. The molecule has 0 radical (unpaired) electrons. The number of aromatic nitrogens is 4. The van der Waals surface area contributed by atoms with Gasteiger partial charge in [-0.15, -0.1) is 10.2 Å². The lowest BCUT2D eigenvalue weighted by Gasteiger charge is -2.14. The van der Waals surface area contributed by atoms with E-state index >= 15 is 0 Å². The van der Waals surface area contributed by atoms with Gasteiger partial charge in [0.2, 0.25) is 5.91 Å². The van der Waals surface area contributed by atoms with Crippen LogP contribution in [0.15, 0.2) is 46.3 Å². The summed E-state index contributed by atoms with van der Waals surface area (Å²) in [7, 11) is 0. The molecule has 3 aromatic rings. The van der Waals surface area contributed by atoms with Crippen molar-refractivity contribution in [2.75, 3.05) is 5.32 Å². The second-order valence-corrected chi connectivity index (χ2v) is 6.77. The zero-order valence-corrected chi connectivity index (χ0v) is 15.1. The quantitative estimate of drug-likeness (QED) is 0.681. The maximum absolute atomic E-state index is 12.5. The van der Waals surface area contributed by atoms with Crippen molar-refractivity contribution >= 4 is 23.5 Å². The molecule has 0 saturated carbocycles. The summed E-state index contributed by atoms with van der Waals surface area (Å²) in [6.45, 7) is 5.76. The fourth-order valence-electron chi connectivity index (χ4n) is 2.39. The fourth-order valence-corrected chi connectivity index (χ4v) is 3.33. The van der Waals surface area contributed by atoms with Crippen LogP contribution in [0.4, 0.5) is 5.82 Å². The fraction of sp³-hybridized carbons (Fsp3) is 0.294. The Hall–Kier alpha value is -2.61. The van der Waals surface area contributed by atoms with Crippen LogP contribution in [-0.4, -0.2) is 31.1 Å². The first kappa shape index (κ1) is 17.2. The molecule has 1 N–H and O–H groups in total. The van der Waals surface area contributed by atoms with E-state index in [4.69, 9.17) is 4.52 Å². The van der Waals surface area contributed by atoms with Crippen LogP contribution in [0, 0.1) is 13.8 Å². The van der Waals surface area contributed by atoms with Gasteiger partial charge in [-0.25, -0.2) is 0 Å². The van der Waals surface area contributed by atoms with Crippen molar-refractivity contribution in [1.82, 2.24) is 19.9 Å². The van der Waals surface area contributed by atoms with Gasteiger partial charge in [0.1, 0.15) is 12.1 Å². The SMILES string of the molecule is CCC(Sc1nncn1-c1ccccc1C)C(=O)Nc1cc(C)on1. The molecule has 0 aliphatic carbocycles. The smallest absolute Gasteiger partial charge is 0.239 e. The molecule has 7 nitrogen and oxygen atoms in total. The number of benzene rings is 1. The molecule has 0 saturated heterocycles. The van der Waals surface area contributed by atoms with Crippen LogP contribution in [0.2, 0.25) is 0 Å². The van der Waals surface area contributed by atoms with Gasteiger partial charge in [0.25, 0.3) is 0 Å². The highest BCUT2D eigenvalue weighted by Crippen LogP contribution is 2.27. The summed E-state index contributed by atoms with van der Waals surface area (Å²) >= 11 is 1.38. The number of anilines is 1. The summed E-state index contributed by atoms with van der Waals surface area (Å²) in [5.41, 5.74) is 2.11.